The van der Waals surface area contributed by atoms with Crippen molar-refractivity contribution in [3.05, 3.63) is 18.2 Å². The van der Waals surface area contributed by atoms with Gasteiger partial charge in [0.05, 0.1) is 13.7 Å². The lowest BCUT2D eigenvalue weighted by atomic mass is 10.0. The van der Waals surface area contributed by atoms with E-state index in [-0.39, 0.29) is 5.91 Å². The van der Waals surface area contributed by atoms with E-state index in [0.29, 0.717) is 30.4 Å². The van der Waals surface area contributed by atoms with Gasteiger partial charge in [-0.1, -0.05) is 0 Å². The van der Waals surface area contributed by atoms with Crippen LogP contribution in [0.3, 0.4) is 0 Å². The first-order chi connectivity index (χ1) is 10.2. The molecule has 0 saturated carbocycles. The molecule has 0 aliphatic carbocycles. The van der Waals surface area contributed by atoms with Crippen LogP contribution in [0.2, 0.25) is 0 Å². The van der Waals surface area contributed by atoms with Crippen LogP contribution in [-0.2, 0) is 4.79 Å². The van der Waals surface area contributed by atoms with Gasteiger partial charge in [0.1, 0.15) is 0 Å². The zero-order valence-corrected chi connectivity index (χ0v) is 12.8. The molecule has 1 aromatic rings. The standard InChI is InChI=1S/C16H24N2O3/c1-3-21-15-10-13(5-6-14(15)20-2)18-16(19)7-4-12-8-9-17-11-12/h5-6,10,12,17H,3-4,7-9,11H2,1-2H3,(H,18,19). The number of hydrogen-bond donors (Lipinski definition) is 2. The Kier molecular flexibility index (Phi) is 5.87. The van der Waals surface area contributed by atoms with Crippen LogP contribution in [0.1, 0.15) is 26.2 Å². The first kappa shape index (κ1) is 15.6. The normalized spacial score (nSPS) is 17.5. The molecule has 0 spiro atoms. The fourth-order valence-electron chi connectivity index (χ4n) is 2.54. The zero-order chi connectivity index (χ0) is 15.1. The number of benzene rings is 1. The van der Waals surface area contributed by atoms with Gasteiger partial charge in [-0.2, -0.15) is 0 Å². The number of hydrogen-bond acceptors (Lipinski definition) is 4. The van der Waals surface area contributed by atoms with Gasteiger partial charge in [-0.25, -0.2) is 0 Å². The highest BCUT2D eigenvalue weighted by Crippen LogP contribution is 2.30. The minimum absolute atomic E-state index is 0.0505. The Morgan fingerprint density at radius 3 is 2.95 bits per heavy atom. The molecule has 1 heterocycles. The van der Waals surface area contributed by atoms with Gasteiger partial charge in [-0.3, -0.25) is 4.79 Å². The van der Waals surface area contributed by atoms with Crippen molar-refractivity contribution in [3.63, 3.8) is 0 Å². The lowest BCUT2D eigenvalue weighted by Gasteiger charge is -2.12. The minimum Gasteiger partial charge on any atom is -0.493 e. The maximum Gasteiger partial charge on any atom is 0.224 e. The van der Waals surface area contributed by atoms with Crippen molar-refractivity contribution in [1.29, 1.82) is 0 Å². The zero-order valence-electron chi connectivity index (χ0n) is 12.8. The summed E-state index contributed by atoms with van der Waals surface area (Å²) in [6, 6.07) is 5.44. The van der Waals surface area contributed by atoms with Crippen molar-refractivity contribution >= 4 is 11.6 Å². The summed E-state index contributed by atoms with van der Waals surface area (Å²) in [5.74, 6) is 2.00. The molecule has 1 saturated heterocycles. The summed E-state index contributed by atoms with van der Waals surface area (Å²) in [6.07, 6.45) is 2.67. The van der Waals surface area contributed by atoms with Crippen LogP contribution >= 0.6 is 0 Å². The average molecular weight is 292 g/mol. The predicted molar refractivity (Wildman–Crippen MR) is 83.0 cm³/mol. The van der Waals surface area contributed by atoms with Crippen LogP contribution in [0.15, 0.2) is 18.2 Å². The van der Waals surface area contributed by atoms with Crippen LogP contribution in [-0.4, -0.2) is 32.7 Å². The third kappa shape index (κ3) is 4.63. The Balaban J connectivity index is 1.88. The topological polar surface area (TPSA) is 59.6 Å². The fourth-order valence-corrected chi connectivity index (χ4v) is 2.54. The molecule has 1 aliphatic heterocycles. The summed E-state index contributed by atoms with van der Waals surface area (Å²) in [6.45, 7) is 4.58. The second-order valence-corrected chi connectivity index (χ2v) is 5.24. The molecule has 0 bridgehead atoms. The van der Waals surface area contributed by atoms with Gasteiger partial charge in [-0.15, -0.1) is 0 Å². The minimum atomic E-state index is 0.0505. The van der Waals surface area contributed by atoms with Crippen molar-refractivity contribution < 1.29 is 14.3 Å². The molecule has 1 atom stereocenters. The Bertz CT molecular complexity index is 471. The Morgan fingerprint density at radius 2 is 2.29 bits per heavy atom. The third-order valence-corrected chi connectivity index (χ3v) is 3.69. The van der Waals surface area contributed by atoms with Crippen molar-refractivity contribution in [2.24, 2.45) is 5.92 Å². The van der Waals surface area contributed by atoms with Gasteiger partial charge in [-0.05, 0) is 50.9 Å². The molecular weight excluding hydrogens is 268 g/mol. The SMILES string of the molecule is CCOc1cc(NC(=O)CCC2CCNC2)ccc1OC. The molecule has 21 heavy (non-hydrogen) atoms. The fraction of sp³-hybridized carbons (Fsp3) is 0.562. The Morgan fingerprint density at radius 1 is 1.43 bits per heavy atom. The molecule has 2 N–H and O–H groups in total. The first-order valence-electron chi connectivity index (χ1n) is 7.54. The van der Waals surface area contributed by atoms with Crippen molar-refractivity contribution in [1.82, 2.24) is 5.32 Å². The highest BCUT2D eigenvalue weighted by molar-refractivity contribution is 5.91. The smallest absolute Gasteiger partial charge is 0.224 e. The van der Waals surface area contributed by atoms with Crippen molar-refractivity contribution in [2.75, 3.05) is 32.1 Å². The Labute approximate surface area is 126 Å². The van der Waals surface area contributed by atoms with Gasteiger partial charge >= 0.3 is 0 Å². The highest BCUT2D eigenvalue weighted by atomic mass is 16.5. The highest BCUT2D eigenvalue weighted by Gasteiger charge is 2.16. The van der Waals surface area contributed by atoms with E-state index in [4.69, 9.17) is 9.47 Å². The third-order valence-electron chi connectivity index (χ3n) is 3.69. The molecule has 0 radical (unpaired) electrons. The number of rotatable bonds is 7. The van der Waals surface area contributed by atoms with E-state index in [0.717, 1.165) is 25.2 Å². The van der Waals surface area contributed by atoms with Gasteiger partial charge in [0.25, 0.3) is 0 Å². The average Bonchev–Trinajstić information content (AvgIpc) is 2.99. The lowest BCUT2D eigenvalue weighted by molar-refractivity contribution is -0.116. The molecule has 1 aliphatic rings. The second-order valence-electron chi connectivity index (χ2n) is 5.24. The van der Waals surface area contributed by atoms with E-state index < -0.39 is 0 Å². The van der Waals surface area contributed by atoms with Gasteiger partial charge in [0.2, 0.25) is 5.91 Å². The molecule has 116 valence electrons. The lowest BCUT2D eigenvalue weighted by Crippen LogP contribution is -2.15. The summed E-state index contributed by atoms with van der Waals surface area (Å²) in [5, 5.41) is 6.24. The number of carbonyl (C=O) groups excluding carboxylic acids is 1. The van der Waals surface area contributed by atoms with Crippen LogP contribution < -0.4 is 20.1 Å². The molecule has 5 heteroatoms. The number of nitrogens with one attached hydrogen (secondary N) is 2. The van der Waals surface area contributed by atoms with E-state index in [1.807, 2.05) is 19.1 Å². The van der Waals surface area contributed by atoms with Gasteiger partial charge in [0, 0.05) is 18.2 Å². The number of amides is 1. The summed E-state index contributed by atoms with van der Waals surface area (Å²) in [5.41, 5.74) is 0.744. The van der Waals surface area contributed by atoms with E-state index in [1.54, 1.807) is 13.2 Å². The summed E-state index contributed by atoms with van der Waals surface area (Å²) in [7, 11) is 1.60. The molecule has 5 nitrogen and oxygen atoms in total. The number of methoxy groups -OCH3 is 1. The maximum atomic E-state index is 12.0. The van der Waals surface area contributed by atoms with Crippen LogP contribution in [0, 0.1) is 5.92 Å². The first-order valence-corrected chi connectivity index (χ1v) is 7.54. The molecule has 1 aromatic carbocycles. The molecular formula is C16H24N2O3. The molecule has 0 aromatic heterocycles. The van der Waals surface area contributed by atoms with Gasteiger partial charge < -0.3 is 20.1 Å². The Hall–Kier alpha value is -1.75. The van der Waals surface area contributed by atoms with Crippen LogP contribution in [0.5, 0.6) is 11.5 Å². The predicted octanol–water partition coefficient (Wildman–Crippen LogP) is 2.42. The number of ether oxygens (including phenoxy) is 2. The summed E-state index contributed by atoms with van der Waals surface area (Å²) < 4.78 is 10.7. The second kappa shape index (κ2) is 7.88. The molecule has 1 unspecified atom stereocenters. The van der Waals surface area contributed by atoms with Crippen LogP contribution in [0.4, 0.5) is 5.69 Å². The van der Waals surface area contributed by atoms with Crippen molar-refractivity contribution in [3.8, 4) is 11.5 Å². The van der Waals surface area contributed by atoms with Crippen molar-refractivity contribution in [2.45, 2.75) is 26.2 Å². The van der Waals surface area contributed by atoms with E-state index in [9.17, 15) is 4.79 Å². The van der Waals surface area contributed by atoms with E-state index >= 15 is 0 Å². The summed E-state index contributed by atoms with van der Waals surface area (Å²) in [4.78, 5) is 12.0. The molecule has 1 amide bonds. The molecule has 1 fully saturated rings. The van der Waals surface area contributed by atoms with E-state index in [2.05, 4.69) is 10.6 Å². The summed E-state index contributed by atoms with van der Waals surface area (Å²) >= 11 is 0. The van der Waals surface area contributed by atoms with E-state index in [1.165, 1.54) is 6.42 Å². The quantitative estimate of drug-likeness (QED) is 0.810. The number of carbonyl (C=O) groups is 1. The van der Waals surface area contributed by atoms with Gasteiger partial charge in [0.15, 0.2) is 11.5 Å². The maximum absolute atomic E-state index is 12.0. The largest absolute Gasteiger partial charge is 0.493 e. The number of anilines is 1. The monoisotopic (exact) mass is 292 g/mol. The molecule has 2 rings (SSSR count). The van der Waals surface area contributed by atoms with Crippen LogP contribution in [0.25, 0.3) is 0 Å².